The van der Waals surface area contributed by atoms with Gasteiger partial charge in [0.05, 0.1) is 16.5 Å². The zero-order chi connectivity index (χ0) is 54.6. The van der Waals surface area contributed by atoms with Crippen LogP contribution in [0.4, 0.5) is 17.1 Å². The Balaban J connectivity index is 0.817. The van der Waals surface area contributed by atoms with Gasteiger partial charge in [0.2, 0.25) is 0 Å². The molecule has 0 amide bonds. The van der Waals surface area contributed by atoms with Crippen molar-refractivity contribution in [3.05, 3.63) is 354 Å². The smallest absolute Gasteiger partial charge is 0.132 e. The number of hydrogen-bond donors (Lipinski definition) is 0. The Morgan fingerprint density at radius 1 is 0.217 bits per heavy atom. The van der Waals surface area contributed by atoms with Crippen molar-refractivity contribution in [2.24, 2.45) is 0 Å². The fourth-order valence-corrected chi connectivity index (χ4v) is 14.6. The molecule has 0 saturated heterocycles. The lowest BCUT2D eigenvalue weighted by atomic mass is 9.66. The summed E-state index contributed by atoms with van der Waals surface area (Å²) in [6.45, 7) is 0. The first-order valence-electron chi connectivity index (χ1n) is 28.6. The second-order valence-corrected chi connectivity index (χ2v) is 22.2. The molecule has 13 aromatic rings. The van der Waals surface area contributed by atoms with Gasteiger partial charge in [-0.15, -0.1) is 0 Å². The molecular formula is C80H51NO2. The highest BCUT2D eigenvalue weighted by Gasteiger charge is 2.53. The SMILES string of the molecule is c1ccc(-c2ccc(-c3ccccc3N(c3ccc(-c4cccc5c4-c4ccccc4C54c5ccccc5Oc5ccccc54)cc3)c3cccc(-c4ccc5c(c4)-c4ccccc4C54c5ccccc5Oc5ccccc54)c3)cc2)cc1. The summed E-state index contributed by atoms with van der Waals surface area (Å²) in [5.41, 5.74) is 26.1. The fourth-order valence-electron chi connectivity index (χ4n) is 14.6. The highest BCUT2D eigenvalue weighted by Crippen LogP contribution is 2.65. The molecule has 3 heteroatoms. The largest absolute Gasteiger partial charge is 0.457 e. The van der Waals surface area contributed by atoms with Crippen LogP contribution in [-0.2, 0) is 10.8 Å². The van der Waals surface area contributed by atoms with Crippen molar-refractivity contribution in [2.75, 3.05) is 4.90 Å². The molecule has 83 heavy (non-hydrogen) atoms. The van der Waals surface area contributed by atoms with Gasteiger partial charge in [0.25, 0.3) is 0 Å². The van der Waals surface area contributed by atoms with E-state index in [0.717, 1.165) is 90.1 Å². The highest BCUT2D eigenvalue weighted by atomic mass is 16.5. The second-order valence-electron chi connectivity index (χ2n) is 22.2. The molecule has 2 spiro atoms. The van der Waals surface area contributed by atoms with Crippen LogP contribution in [-0.4, -0.2) is 0 Å². The van der Waals surface area contributed by atoms with Crippen molar-refractivity contribution in [1.82, 2.24) is 0 Å². The van der Waals surface area contributed by atoms with E-state index in [2.05, 4.69) is 314 Å². The molecule has 0 aromatic heterocycles. The third-order valence-electron chi connectivity index (χ3n) is 18.0. The number of anilines is 3. The molecule has 2 aliphatic carbocycles. The van der Waals surface area contributed by atoms with E-state index in [0.29, 0.717) is 0 Å². The van der Waals surface area contributed by atoms with Crippen LogP contribution in [0.3, 0.4) is 0 Å². The molecule has 3 nitrogen and oxygen atoms in total. The van der Waals surface area contributed by atoms with Crippen molar-refractivity contribution in [1.29, 1.82) is 0 Å². The molecule has 0 atom stereocenters. The predicted octanol–water partition coefficient (Wildman–Crippen LogP) is 20.8. The molecule has 4 aliphatic rings. The fraction of sp³-hybridized carbons (Fsp3) is 0.0250. The van der Waals surface area contributed by atoms with Crippen molar-refractivity contribution in [2.45, 2.75) is 10.8 Å². The molecule has 13 aromatic carbocycles. The van der Waals surface area contributed by atoms with Crippen LogP contribution in [0.15, 0.2) is 309 Å². The van der Waals surface area contributed by atoms with E-state index in [1.165, 1.54) is 61.2 Å². The summed E-state index contributed by atoms with van der Waals surface area (Å²) in [6.07, 6.45) is 0. The van der Waals surface area contributed by atoms with E-state index >= 15 is 0 Å². The van der Waals surface area contributed by atoms with Gasteiger partial charge in [-0.3, -0.25) is 0 Å². The average molecular weight is 1060 g/mol. The first-order valence-corrected chi connectivity index (χ1v) is 28.6. The van der Waals surface area contributed by atoms with Gasteiger partial charge in [-0.2, -0.15) is 0 Å². The van der Waals surface area contributed by atoms with E-state index in [4.69, 9.17) is 9.47 Å². The number of fused-ring (bicyclic) bond motifs is 18. The van der Waals surface area contributed by atoms with Crippen LogP contribution in [0.2, 0.25) is 0 Å². The molecule has 0 saturated carbocycles. The number of rotatable bonds is 7. The van der Waals surface area contributed by atoms with Crippen molar-refractivity contribution < 1.29 is 9.47 Å². The van der Waals surface area contributed by atoms with Crippen LogP contribution in [0.1, 0.15) is 44.5 Å². The maximum atomic E-state index is 6.68. The molecule has 0 bridgehead atoms. The minimum Gasteiger partial charge on any atom is -0.457 e. The third kappa shape index (κ3) is 6.86. The molecule has 0 N–H and O–H groups in total. The van der Waals surface area contributed by atoms with E-state index < -0.39 is 10.8 Å². The monoisotopic (exact) mass is 1060 g/mol. The molecule has 388 valence electrons. The lowest BCUT2D eigenvalue weighted by molar-refractivity contribution is 0.436. The van der Waals surface area contributed by atoms with Gasteiger partial charge in [0, 0.05) is 39.2 Å². The number of nitrogens with zero attached hydrogens (tertiary/aromatic N) is 1. The summed E-state index contributed by atoms with van der Waals surface area (Å²) in [4.78, 5) is 2.44. The molecule has 2 aliphatic heterocycles. The van der Waals surface area contributed by atoms with Crippen LogP contribution in [0, 0.1) is 0 Å². The second kappa shape index (κ2) is 18.4. The van der Waals surface area contributed by atoms with E-state index in [1.54, 1.807) is 0 Å². The minimum atomic E-state index is -0.552. The van der Waals surface area contributed by atoms with E-state index in [-0.39, 0.29) is 0 Å². The van der Waals surface area contributed by atoms with Gasteiger partial charge < -0.3 is 14.4 Å². The Morgan fingerprint density at radius 2 is 0.614 bits per heavy atom. The topological polar surface area (TPSA) is 21.7 Å². The summed E-state index contributed by atoms with van der Waals surface area (Å²) in [5, 5.41) is 0. The van der Waals surface area contributed by atoms with Gasteiger partial charge >= 0.3 is 0 Å². The quantitative estimate of drug-likeness (QED) is 0.159. The summed E-state index contributed by atoms with van der Waals surface area (Å²) >= 11 is 0. The molecule has 0 radical (unpaired) electrons. The van der Waals surface area contributed by atoms with Crippen molar-refractivity contribution in [3.63, 3.8) is 0 Å². The van der Waals surface area contributed by atoms with Crippen LogP contribution in [0.25, 0.3) is 66.8 Å². The van der Waals surface area contributed by atoms with Gasteiger partial charge in [0.1, 0.15) is 23.0 Å². The number of hydrogen-bond acceptors (Lipinski definition) is 3. The maximum Gasteiger partial charge on any atom is 0.132 e. The first kappa shape index (κ1) is 47.1. The number of para-hydroxylation sites is 5. The molecule has 17 rings (SSSR count). The lowest BCUT2D eigenvalue weighted by Crippen LogP contribution is -2.32. The van der Waals surface area contributed by atoms with E-state index in [1.807, 2.05) is 0 Å². The maximum absolute atomic E-state index is 6.68. The Hall–Kier alpha value is -10.7. The third-order valence-corrected chi connectivity index (χ3v) is 18.0. The zero-order valence-corrected chi connectivity index (χ0v) is 45.2. The minimum absolute atomic E-state index is 0.532. The molecule has 2 heterocycles. The van der Waals surface area contributed by atoms with Gasteiger partial charge in [0.15, 0.2) is 0 Å². The standard InChI is InChI=1S/C80H51NO2/c1-2-20-52(21-3-1)53-40-42-54(43-41-53)60-24-6-13-35-73(60)81(58-47-44-55(45-48-58)61-27-19-34-72-78(61)63-26-5-8-29-66(63)80(72)70-32-11-16-38-76(70)83-77-39-17-12-33-71(77)80)59-23-18-22-56(50-59)57-46-49-67-64(51-57)62-25-4-7-28-65(62)79(67)68-30-9-14-36-74(68)82-75-37-15-10-31-69(75)79/h1-51H. The zero-order valence-electron chi connectivity index (χ0n) is 45.2. The number of benzene rings is 13. The Kier molecular flexibility index (Phi) is 10.4. The van der Waals surface area contributed by atoms with Gasteiger partial charge in [-0.05, 0) is 144 Å². The summed E-state index contributed by atoms with van der Waals surface area (Å²) < 4.78 is 13.3. The molecule has 0 unspecified atom stereocenters. The highest BCUT2D eigenvalue weighted by molar-refractivity contribution is 5.98. The van der Waals surface area contributed by atoms with Crippen molar-refractivity contribution in [3.8, 4) is 89.8 Å². The first-order chi connectivity index (χ1) is 41.2. The number of ether oxygens (including phenoxy) is 2. The lowest BCUT2D eigenvalue weighted by Gasteiger charge is -2.39. The summed E-state index contributed by atoms with van der Waals surface area (Å²) in [6, 6.07) is 113. The Bertz CT molecular complexity index is 4660. The summed E-state index contributed by atoms with van der Waals surface area (Å²) in [5.74, 6) is 3.57. The van der Waals surface area contributed by atoms with Crippen LogP contribution >= 0.6 is 0 Å². The average Bonchev–Trinajstić information content (AvgIpc) is 1.92. The van der Waals surface area contributed by atoms with Gasteiger partial charge in [-0.1, -0.05) is 249 Å². The normalized spacial score (nSPS) is 13.7. The van der Waals surface area contributed by atoms with E-state index in [9.17, 15) is 0 Å². The van der Waals surface area contributed by atoms with Crippen LogP contribution < -0.4 is 14.4 Å². The summed E-state index contributed by atoms with van der Waals surface area (Å²) in [7, 11) is 0. The Labute approximate surface area is 483 Å². The van der Waals surface area contributed by atoms with Crippen molar-refractivity contribution >= 4 is 17.1 Å². The Morgan fingerprint density at radius 3 is 1.25 bits per heavy atom. The molecular weight excluding hydrogens is 1010 g/mol. The molecule has 0 fully saturated rings. The predicted molar refractivity (Wildman–Crippen MR) is 338 cm³/mol. The van der Waals surface area contributed by atoms with Gasteiger partial charge in [-0.25, -0.2) is 0 Å². The van der Waals surface area contributed by atoms with Crippen LogP contribution in [0.5, 0.6) is 23.0 Å².